The van der Waals surface area contributed by atoms with Gasteiger partial charge in [0, 0.05) is 39.1 Å². The number of H-pyrrole nitrogens is 1. The number of benzene rings is 2. The Bertz CT molecular complexity index is 1380. The van der Waals surface area contributed by atoms with Crippen molar-refractivity contribution in [2.45, 2.75) is 51.6 Å². The number of aromatic nitrogens is 1. The van der Waals surface area contributed by atoms with Crippen molar-refractivity contribution in [2.24, 2.45) is 5.92 Å². The number of carbonyl (C=O) groups excluding carboxylic acids is 2. The van der Waals surface area contributed by atoms with Gasteiger partial charge in [-0.15, -0.1) is 0 Å². The number of amides is 1. The monoisotopic (exact) mass is 549 g/mol. The van der Waals surface area contributed by atoms with Gasteiger partial charge in [0.25, 0.3) is 0 Å². The zero-order chi connectivity index (χ0) is 25.6. The number of aromatic amines is 1. The van der Waals surface area contributed by atoms with Crippen LogP contribution in [0.15, 0.2) is 58.6 Å². The summed E-state index contributed by atoms with van der Waals surface area (Å²) in [4.78, 5) is 33.0. The van der Waals surface area contributed by atoms with Crippen LogP contribution in [0, 0.1) is 5.92 Å². The maximum Gasteiger partial charge on any atom is 0.248 e. The normalized spacial score (nSPS) is 21.6. The molecule has 0 fully saturated rings. The zero-order valence-electron chi connectivity index (χ0n) is 20.9. The Morgan fingerprint density at radius 2 is 2.03 bits per heavy atom. The Morgan fingerprint density at radius 1 is 1.22 bits per heavy atom. The first-order valence-corrected chi connectivity index (χ1v) is 13.4. The smallest absolute Gasteiger partial charge is 0.248 e. The molecule has 0 bridgehead atoms. The fourth-order valence-electron chi connectivity index (χ4n) is 5.69. The molecule has 5 rings (SSSR count). The number of hydrogen-bond donors (Lipinski definition) is 3. The minimum Gasteiger partial charge on any atom is -0.508 e. The average molecular weight is 550 g/mol. The predicted molar refractivity (Wildman–Crippen MR) is 145 cm³/mol. The zero-order valence-corrected chi connectivity index (χ0v) is 22.5. The lowest BCUT2D eigenvalue weighted by Crippen LogP contribution is -2.62. The van der Waals surface area contributed by atoms with Crippen LogP contribution in [0.5, 0.6) is 5.75 Å². The van der Waals surface area contributed by atoms with Gasteiger partial charge in [-0.3, -0.25) is 9.59 Å². The van der Waals surface area contributed by atoms with Crippen LogP contribution < -0.4 is 5.32 Å². The molecular formula is C29H32BrN3O3. The number of phenols is 1. The van der Waals surface area contributed by atoms with Gasteiger partial charge < -0.3 is 20.3 Å². The first kappa shape index (κ1) is 24.8. The molecule has 3 N–H and O–H groups in total. The lowest BCUT2D eigenvalue weighted by atomic mass is 9.73. The highest BCUT2D eigenvalue weighted by atomic mass is 79.9. The molecule has 2 aliphatic rings. The van der Waals surface area contributed by atoms with Gasteiger partial charge in [-0.25, -0.2) is 0 Å². The molecule has 0 radical (unpaired) electrons. The standard InChI is InChI=1S/C29H32BrN3O3/c1-17(2)16-31-11-5-7-19-13-25(35)33-27(18-6-4-8-21(34)12-18)26-23(15-29(33,3)28(19)36)22-14-20(30)9-10-24(22)32-26/h4,6,8-10,12-14,17,27,31-32,34H,5,7,11,15-16H2,1-3H3/t27-,29+/m1/s1. The van der Waals surface area contributed by atoms with E-state index in [1.807, 2.05) is 25.1 Å². The largest absolute Gasteiger partial charge is 0.508 e. The molecule has 7 heteroatoms. The van der Waals surface area contributed by atoms with E-state index in [2.05, 4.69) is 46.1 Å². The van der Waals surface area contributed by atoms with Crippen molar-refractivity contribution in [3.63, 3.8) is 0 Å². The summed E-state index contributed by atoms with van der Waals surface area (Å²) in [6, 6.07) is 12.5. The number of Topliss-reactive ketones (excluding diaryl/α,β-unsaturated/α-hetero) is 1. The maximum absolute atomic E-state index is 14.0. The molecule has 0 saturated heterocycles. The van der Waals surface area contributed by atoms with E-state index >= 15 is 0 Å². The number of nitrogens with one attached hydrogen (secondary N) is 2. The average Bonchev–Trinajstić information content (AvgIpc) is 3.17. The van der Waals surface area contributed by atoms with Crippen LogP contribution in [-0.2, 0) is 16.0 Å². The van der Waals surface area contributed by atoms with E-state index in [4.69, 9.17) is 0 Å². The number of aromatic hydroxyl groups is 1. The Labute approximate surface area is 219 Å². The van der Waals surface area contributed by atoms with Crippen molar-refractivity contribution in [3.05, 3.63) is 75.4 Å². The molecule has 0 saturated carbocycles. The number of carbonyl (C=O) groups is 2. The predicted octanol–water partition coefficient (Wildman–Crippen LogP) is 5.40. The molecule has 0 spiro atoms. The highest BCUT2D eigenvalue weighted by Gasteiger charge is 2.53. The van der Waals surface area contributed by atoms with E-state index in [0.717, 1.165) is 51.7 Å². The van der Waals surface area contributed by atoms with E-state index < -0.39 is 11.6 Å². The highest BCUT2D eigenvalue weighted by molar-refractivity contribution is 9.10. The molecule has 0 aliphatic carbocycles. The lowest BCUT2D eigenvalue weighted by molar-refractivity contribution is -0.146. The molecule has 6 nitrogen and oxygen atoms in total. The van der Waals surface area contributed by atoms with Crippen molar-refractivity contribution in [1.29, 1.82) is 0 Å². The summed E-state index contributed by atoms with van der Waals surface area (Å²) in [6.07, 6.45) is 3.34. The molecular weight excluding hydrogens is 518 g/mol. The first-order chi connectivity index (χ1) is 17.2. The summed E-state index contributed by atoms with van der Waals surface area (Å²) in [5, 5.41) is 14.7. The molecule has 3 aromatic rings. The number of ketones is 1. The molecule has 3 heterocycles. The SMILES string of the molecule is CC(C)CNCCCC1=CC(=O)N2[C@H](c3cccc(O)c3)c3[nH]c4ccc(Br)cc4c3C[C@@]2(C)C1=O. The van der Waals surface area contributed by atoms with Crippen molar-refractivity contribution in [3.8, 4) is 5.75 Å². The van der Waals surface area contributed by atoms with Crippen molar-refractivity contribution in [2.75, 3.05) is 13.1 Å². The Morgan fingerprint density at radius 3 is 2.78 bits per heavy atom. The van der Waals surface area contributed by atoms with E-state index in [1.165, 1.54) is 6.08 Å². The van der Waals surface area contributed by atoms with Gasteiger partial charge in [-0.1, -0.05) is 41.9 Å². The third-order valence-corrected chi connectivity index (χ3v) is 7.83. The second-order valence-corrected chi connectivity index (χ2v) is 11.5. The van der Waals surface area contributed by atoms with Gasteiger partial charge in [-0.2, -0.15) is 0 Å². The van der Waals surface area contributed by atoms with Crippen LogP contribution in [0.25, 0.3) is 10.9 Å². The van der Waals surface area contributed by atoms with Crippen LogP contribution in [0.2, 0.25) is 0 Å². The first-order valence-electron chi connectivity index (χ1n) is 12.6. The second kappa shape index (κ2) is 9.52. The molecule has 1 amide bonds. The number of phenolic OH excluding ortho intramolecular Hbond substituents is 1. The Hall–Kier alpha value is -2.90. The number of nitrogens with zero attached hydrogens (tertiary/aromatic N) is 1. The fraction of sp³-hybridized carbons (Fsp3) is 0.379. The Kier molecular flexibility index (Phi) is 6.55. The van der Waals surface area contributed by atoms with Gasteiger partial charge in [-0.05, 0) is 80.2 Å². The van der Waals surface area contributed by atoms with Gasteiger partial charge in [0.1, 0.15) is 11.3 Å². The summed E-state index contributed by atoms with van der Waals surface area (Å²) < 4.78 is 0.957. The summed E-state index contributed by atoms with van der Waals surface area (Å²) >= 11 is 3.58. The molecule has 2 atom stereocenters. The van der Waals surface area contributed by atoms with Crippen molar-refractivity contribution >= 4 is 38.5 Å². The summed E-state index contributed by atoms with van der Waals surface area (Å²) in [6.45, 7) is 7.97. The molecule has 1 aromatic heterocycles. The second-order valence-electron chi connectivity index (χ2n) is 10.6. The van der Waals surface area contributed by atoms with Gasteiger partial charge >= 0.3 is 0 Å². The van der Waals surface area contributed by atoms with Gasteiger partial charge in [0.15, 0.2) is 5.78 Å². The van der Waals surface area contributed by atoms with Crippen LogP contribution >= 0.6 is 15.9 Å². The number of halogens is 1. The van der Waals surface area contributed by atoms with Gasteiger partial charge in [0.05, 0.1) is 6.04 Å². The molecule has 0 unspecified atom stereocenters. The third kappa shape index (κ3) is 4.28. The minimum atomic E-state index is -1.02. The van der Waals surface area contributed by atoms with E-state index in [9.17, 15) is 14.7 Å². The third-order valence-electron chi connectivity index (χ3n) is 7.34. The fourth-order valence-corrected chi connectivity index (χ4v) is 6.05. The molecule has 2 aliphatic heterocycles. The summed E-state index contributed by atoms with van der Waals surface area (Å²) in [7, 11) is 0. The number of fused-ring (bicyclic) bond motifs is 4. The number of hydrogen-bond acceptors (Lipinski definition) is 4. The van der Waals surface area contributed by atoms with Crippen LogP contribution in [0.4, 0.5) is 0 Å². The van der Waals surface area contributed by atoms with Crippen LogP contribution in [0.1, 0.15) is 56.5 Å². The lowest BCUT2D eigenvalue weighted by Gasteiger charge is -2.50. The van der Waals surface area contributed by atoms with E-state index in [-0.39, 0.29) is 17.4 Å². The Balaban J connectivity index is 1.57. The quantitative estimate of drug-likeness (QED) is 0.344. The topological polar surface area (TPSA) is 85.4 Å². The van der Waals surface area contributed by atoms with Gasteiger partial charge in [0.2, 0.25) is 5.91 Å². The van der Waals surface area contributed by atoms with E-state index in [0.29, 0.717) is 24.3 Å². The maximum atomic E-state index is 14.0. The minimum absolute atomic E-state index is 0.00566. The number of rotatable bonds is 7. The molecule has 2 aromatic carbocycles. The molecule has 36 heavy (non-hydrogen) atoms. The molecule has 188 valence electrons. The van der Waals surface area contributed by atoms with Crippen molar-refractivity contribution in [1.82, 2.24) is 15.2 Å². The summed E-state index contributed by atoms with van der Waals surface area (Å²) in [5.74, 6) is 0.532. The van der Waals surface area contributed by atoms with E-state index in [1.54, 1.807) is 23.1 Å². The summed E-state index contributed by atoms with van der Waals surface area (Å²) in [5.41, 5.74) is 3.24. The van der Waals surface area contributed by atoms with Crippen molar-refractivity contribution < 1.29 is 14.7 Å². The highest BCUT2D eigenvalue weighted by Crippen LogP contribution is 2.48. The van der Waals surface area contributed by atoms with Crippen LogP contribution in [0.3, 0.4) is 0 Å². The van der Waals surface area contributed by atoms with Crippen LogP contribution in [-0.4, -0.2) is 45.3 Å².